The molecule has 0 aromatic heterocycles. The summed E-state index contributed by atoms with van der Waals surface area (Å²) in [6.45, 7) is 3.12. The van der Waals surface area contributed by atoms with Crippen LogP contribution in [0, 0.1) is 5.92 Å². The van der Waals surface area contributed by atoms with Crippen LogP contribution in [-0.4, -0.2) is 6.61 Å². The zero-order chi connectivity index (χ0) is 8.39. The molecule has 1 aliphatic heterocycles. The van der Waals surface area contributed by atoms with E-state index >= 15 is 0 Å². The lowest BCUT2D eigenvalue weighted by Crippen LogP contribution is -2.19. The Morgan fingerprint density at radius 3 is 2.92 bits per heavy atom. The summed E-state index contributed by atoms with van der Waals surface area (Å²) < 4.78 is 5.63. The largest absolute Gasteiger partial charge is 0.493 e. The number of rotatable bonds is 1. The van der Waals surface area contributed by atoms with E-state index in [4.69, 9.17) is 4.74 Å². The van der Waals surface area contributed by atoms with Crippen molar-refractivity contribution in [2.24, 2.45) is 5.92 Å². The van der Waals surface area contributed by atoms with Crippen LogP contribution in [0.3, 0.4) is 0 Å². The third-order valence-electron chi connectivity index (χ3n) is 2.53. The molecule has 0 radical (unpaired) electrons. The summed E-state index contributed by atoms with van der Waals surface area (Å²) in [6, 6.07) is 8.34. The second-order valence-electron chi connectivity index (χ2n) is 3.40. The van der Waals surface area contributed by atoms with Crippen molar-refractivity contribution in [2.45, 2.75) is 19.8 Å². The third-order valence-corrected chi connectivity index (χ3v) is 2.53. The van der Waals surface area contributed by atoms with E-state index in [2.05, 4.69) is 25.1 Å². The summed E-state index contributed by atoms with van der Waals surface area (Å²) in [5.74, 6) is 1.81. The topological polar surface area (TPSA) is 9.23 Å². The minimum absolute atomic E-state index is 0. The Kier molecular flexibility index (Phi) is 3.61. The van der Waals surface area contributed by atoms with Gasteiger partial charge >= 0.3 is 0 Å². The van der Waals surface area contributed by atoms with Gasteiger partial charge in [0.1, 0.15) is 5.75 Å². The summed E-state index contributed by atoms with van der Waals surface area (Å²) in [5, 5.41) is 0. The van der Waals surface area contributed by atoms with Gasteiger partial charge < -0.3 is 4.74 Å². The Balaban J connectivity index is 0.000000845. The SMILES string of the molecule is CCC1COc2ccccc2C1.Cl. The lowest BCUT2D eigenvalue weighted by molar-refractivity contribution is 0.218. The lowest BCUT2D eigenvalue weighted by atomic mass is 9.95. The molecule has 1 nitrogen and oxygen atoms in total. The molecular formula is C11H15ClO. The number of hydrogen-bond acceptors (Lipinski definition) is 1. The molecule has 2 rings (SSSR count). The van der Waals surface area contributed by atoms with Gasteiger partial charge in [0.05, 0.1) is 6.61 Å². The van der Waals surface area contributed by atoms with Crippen LogP contribution in [0.15, 0.2) is 24.3 Å². The molecule has 1 aliphatic rings. The highest BCUT2D eigenvalue weighted by atomic mass is 35.5. The van der Waals surface area contributed by atoms with E-state index in [0.29, 0.717) is 0 Å². The van der Waals surface area contributed by atoms with E-state index in [-0.39, 0.29) is 12.4 Å². The number of fused-ring (bicyclic) bond motifs is 1. The highest BCUT2D eigenvalue weighted by Crippen LogP contribution is 2.27. The van der Waals surface area contributed by atoms with Gasteiger partial charge in [-0.15, -0.1) is 12.4 Å². The second-order valence-corrected chi connectivity index (χ2v) is 3.40. The molecule has 0 spiro atoms. The van der Waals surface area contributed by atoms with Crippen LogP contribution in [0.1, 0.15) is 18.9 Å². The predicted molar refractivity (Wildman–Crippen MR) is 56.7 cm³/mol. The average molecular weight is 199 g/mol. The van der Waals surface area contributed by atoms with Gasteiger partial charge in [-0.2, -0.15) is 0 Å². The Morgan fingerprint density at radius 2 is 2.15 bits per heavy atom. The zero-order valence-corrected chi connectivity index (χ0v) is 8.64. The molecule has 1 aromatic rings. The molecule has 13 heavy (non-hydrogen) atoms. The number of halogens is 1. The molecule has 0 aliphatic carbocycles. The molecule has 0 bridgehead atoms. The molecule has 72 valence electrons. The maximum atomic E-state index is 5.63. The van der Waals surface area contributed by atoms with Gasteiger partial charge in [0.15, 0.2) is 0 Å². The smallest absolute Gasteiger partial charge is 0.122 e. The van der Waals surface area contributed by atoms with Gasteiger partial charge in [0, 0.05) is 0 Å². The summed E-state index contributed by atoms with van der Waals surface area (Å²) >= 11 is 0. The van der Waals surface area contributed by atoms with Gasteiger partial charge in [-0.3, -0.25) is 0 Å². The average Bonchev–Trinajstić information content (AvgIpc) is 2.17. The fourth-order valence-electron chi connectivity index (χ4n) is 1.65. The van der Waals surface area contributed by atoms with E-state index in [0.717, 1.165) is 18.3 Å². The van der Waals surface area contributed by atoms with Gasteiger partial charge in [-0.05, 0) is 30.4 Å². The van der Waals surface area contributed by atoms with Crippen molar-refractivity contribution in [1.29, 1.82) is 0 Å². The molecule has 1 atom stereocenters. The van der Waals surface area contributed by atoms with Crippen LogP contribution in [0.5, 0.6) is 5.75 Å². The Labute approximate surface area is 85.5 Å². The van der Waals surface area contributed by atoms with Crippen LogP contribution in [0.2, 0.25) is 0 Å². The number of ether oxygens (including phenoxy) is 1. The summed E-state index contributed by atoms with van der Waals surface area (Å²) in [4.78, 5) is 0. The lowest BCUT2D eigenvalue weighted by Gasteiger charge is -2.23. The number of benzene rings is 1. The van der Waals surface area contributed by atoms with Crippen LogP contribution >= 0.6 is 12.4 Å². The van der Waals surface area contributed by atoms with Gasteiger partial charge in [0.25, 0.3) is 0 Å². The Hall–Kier alpha value is -0.690. The van der Waals surface area contributed by atoms with Crippen molar-refractivity contribution in [2.75, 3.05) is 6.61 Å². The summed E-state index contributed by atoms with van der Waals surface area (Å²) in [5.41, 5.74) is 1.37. The standard InChI is InChI=1S/C11H14O.ClH/c1-2-9-7-10-5-3-4-6-11(10)12-8-9;/h3-6,9H,2,7-8H2,1H3;1H. The first-order valence-corrected chi connectivity index (χ1v) is 4.61. The third kappa shape index (κ3) is 2.16. The zero-order valence-electron chi connectivity index (χ0n) is 7.82. The molecule has 1 aromatic carbocycles. The second kappa shape index (κ2) is 4.52. The summed E-state index contributed by atoms with van der Waals surface area (Å²) in [6.07, 6.45) is 2.40. The van der Waals surface area contributed by atoms with E-state index in [1.54, 1.807) is 0 Å². The van der Waals surface area contributed by atoms with E-state index in [9.17, 15) is 0 Å². The van der Waals surface area contributed by atoms with E-state index < -0.39 is 0 Å². The molecule has 1 unspecified atom stereocenters. The quantitative estimate of drug-likeness (QED) is 0.674. The Morgan fingerprint density at radius 1 is 1.38 bits per heavy atom. The van der Waals surface area contributed by atoms with Crippen molar-refractivity contribution in [1.82, 2.24) is 0 Å². The monoisotopic (exact) mass is 198 g/mol. The normalized spacial score (nSPS) is 19.6. The van der Waals surface area contributed by atoms with Crippen LogP contribution in [0.25, 0.3) is 0 Å². The molecule has 0 saturated carbocycles. The highest BCUT2D eigenvalue weighted by molar-refractivity contribution is 5.85. The van der Waals surface area contributed by atoms with E-state index in [1.165, 1.54) is 18.4 Å². The van der Waals surface area contributed by atoms with Crippen molar-refractivity contribution in [3.63, 3.8) is 0 Å². The molecule has 1 heterocycles. The molecule has 2 heteroatoms. The van der Waals surface area contributed by atoms with Crippen LogP contribution in [0.4, 0.5) is 0 Å². The Bertz CT molecular complexity index is 273. The molecular weight excluding hydrogens is 184 g/mol. The first kappa shape index (κ1) is 10.4. The maximum Gasteiger partial charge on any atom is 0.122 e. The van der Waals surface area contributed by atoms with Crippen LogP contribution in [-0.2, 0) is 6.42 Å². The van der Waals surface area contributed by atoms with E-state index in [1.807, 2.05) is 6.07 Å². The highest BCUT2D eigenvalue weighted by Gasteiger charge is 2.16. The molecule has 0 fully saturated rings. The maximum absolute atomic E-state index is 5.63. The first-order chi connectivity index (χ1) is 5.90. The minimum atomic E-state index is 0. The van der Waals surface area contributed by atoms with Crippen molar-refractivity contribution in [3.8, 4) is 5.75 Å². The fraction of sp³-hybridized carbons (Fsp3) is 0.455. The van der Waals surface area contributed by atoms with Gasteiger partial charge in [-0.25, -0.2) is 0 Å². The first-order valence-electron chi connectivity index (χ1n) is 4.61. The fourth-order valence-corrected chi connectivity index (χ4v) is 1.65. The van der Waals surface area contributed by atoms with Gasteiger partial charge in [-0.1, -0.05) is 25.1 Å². The molecule has 0 saturated heterocycles. The number of para-hydroxylation sites is 1. The molecule has 0 amide bonds. The predicted octanol–water partition coefficient (Wildman–Crippen LogP) is 3.07. The van der Waals surface area contributed by atoms with Gasteiger partial charge in [0.2, 0.25) is 0 Å². The van der Waals surface area contributed by atoms with Crippen molar-refractivity contribution in [3.05, 3.63) is 29.8 Å². The minimum Gasteiger partial charge on any atom is -0.493 e. The molecule has 0 N–H and O–H groups in total. The summed E-state index contributed by atoms with van der Waals surface area (Å²) in [7, 11) is 0. The van der Waals surface area contributed by atoms with Crippen molar-refractivity contribution >= 4 is 12.4 Å². The van der Waals surface area contributed by atoms with Crippen molar-refractivity contribution < 1.29 is 4.74 Å². The number of hydrogen-bond donors (Lipinski definition) is 0. The van der Waals surface area contributed by atoms with Crippen LogP contribution < -0.4 is 4.74 Å².